The number of rotatable bonds is 3. The van der Waals surface area contributed by atoms with Crippen LogP contribution in [0.1, 0.15) is 0 Å². The Bertz CT molecular complexity index is 233. The van der Waals surface area contributed by atoms with Gasteiger partial charge in [0.25, 0.3) is 0 Å². The number of hydrogen-bond donors (Lipinski definition) is 1. The summed E-state index contributed by atoms with van der Waals surface area (Å²) in [6.07, 6.45) is 1.85. The molecule has 0 fully saturated rings. The molecule has 1 aromatic rings. The minimum atomic E-state index is 0.813. The zero-order valence-electron chi connectivity index (χ0n) is 7.21. The van der Waals surface area contributed by atoms with Gasteiger partial charge in [0.1, 0.15) is 5.82 Å². The summed E-state index contributed by atoms with van der Waals surface area (Å²) in [7, 11) is 4.03. The molecule has 1 heterocycles. The highest BCUT2D eigenvalue weighted by atomic mass is 127. The van der Waals surface area contributed by atoms with Crippen molar-refractivity contribution in [2.45, 2.75) is 0 Å². The Labute approximate surface area is 86.3 Å². The summed E-state index contributed by atoms with van der Waals surface area (Å²) >= 11 is 2.24. The van der Waals surface area contributed by atoms with Gasteiger partial charge in [0.15, 0.2) is 0 Å². The smallest absolute Gasteiger partial charge is 0.126 e. The van der Waals surface area contributed by atoms with Crippen LogP contribution in [0.25, 0.3) is 0 Å². The van der Waals surface area contributed by atoms with E-state index in [-0.39, 0.29) is 0 Å². The predicted molar refractivity (Wildman–Crippen MR) is 59.1 cm³/mol. The van der Waals surface area contributed by atoms with E-state index < -0.39 is 0 Å². The van der Waals surface area contributed by atoms with Crippen molar-refractivity contribution in [2.24, 2.45) is 0 Å². The lowest BCUT2D eigenvalue weighted by Gasteiger charge is -2.10. The van der Waals surface area contributed by atoms with Gasteiger partial charge >= 0.3 is 0 Å². The highest BCUT2D eigenvalue weighted by Gasteiger charge is 1.92. The largest absolute Gasteiger partial charge is 0.357 e. The van der Waals surface area contributed by atoms with Crippen molar-refractivity contribution >= 4 is 28.4 Å². The molecule has 0 saturated carbocycles. The van der Waals surface area contributed by atoms with Crippen LogP contribution < -0.4 is 5.32 Å². The molecule has 0 bridgehead atoms. The van der Waals surface area contributed by atoms with E-state index >= 15 is 0 Å². The van der Waals surface area contributed by atoms with Crippen LogP contribution in [0.3, 0.4) is 0 Å². The SMILES string of the molecule is CN(C)CNc1ccc(I)cn1. The fourth-order valence-electron chi connectivity index (χ4n) is 0.720. The van der Waals surface area contributed by atoms with E-state index in [1.54, 1.807) is 0 Å². The molecule has 0 amide bonds. The van der Waals surface area contributed by atoms with Crippen LogP contribution in [-0.2, 0) is 0 Å². The first-order valence-electron chi connectivity index (χ1n) is 3.68. The molecule has 3 nitrogen and oxygen atoms in total. The monoisotopic (exact) mass is 277 g/mol. The maximum Gasteiger partial charge on any atom is 0.126 e. The number of aromatic nitrogens is 1. The summed E-state index contributed by atoms with van der Waals surface area (Å²) in [5.74, 6) is 0.920. The van der Waals surface area contributed by atoms with Gasteiger partial charge in [0.05, 0.1) is 6.67 Å². The fourth-order valence-corrected chi connectivity index (χ4v) is 1.04. The van der Waals surface area contributed by atoms with E-state index in [4.69, 9.17) is 0 Å². The van der Waals surface area contributed by atoms with E-state index in [0.717, 1.165) is 16.1 Å². The van der Waals surface area contributed by atoms with Gasteiger partial charge in [0.2, 0.25) is 0 Å². The van der Waals surface area contributed by atoms with Crippen molar-refractivity contribution in [3.63, 3.8) is 0 Å². The summed E-state index contributed by atoms with van der Waals surface area (Å²) in [4.78, 5) is 6.26. The van der Waals surface area contributed by atoms with Gasteiger partial charge in [-0.2, -0.15) is 0 Å². The number of anilines is 1. The van der Waals surface area contributed by atoms with Gasteiger partial charge in [-0.3, -0.25) is 4.90 Å². The minimum Gasteiger partial charge on any atom is -0.357 e. The Morgan fingerprint density at radius 2 is 2.25 bits per heavy atom. The first-order valence-corrected chi connectivity index (χ1v) is 4.76. The molecule has 0 aromatic carbocycles. The third-order valence-electron chi connectivity index (χ3n) is 1.30. The molecule has 1 N–H and O–H groups in total. The molecule has 0 atom stereocenters. The van der Waals surface area contributed by atoms with Crippen LogP contribution in [0.4, 0.5) is 5.82 Å². The van der Waals surface area contributed by atoms with E-state index in [2.05, 4.69) is 37.8 Å². The van der Waals surface area contributed by atoms with Crippen molar-refractivity contribution in [1.29, 1.82) is 0 Å². The van der Waals surface area contributed by atoms with Gasteiger partial charge in [0, 0.05) is 9.77 Å². The second kappa shape index (κ2) is 4.61. The number of nitrogens with one attached hydrogen (secondary N) is 1. The van der Waals surface area contributed by atoms with E-state index in [1.807, 2.05) is 32.4 Å². The van der Waals surface area contributed by atoms with Gasteiger partial charge in [-0.25, -0.2) is 4.98 Å². The van der Waals surface area contributed by atoms with Crippen LogP contribution in [0.5, 0.6) is 0 Å². The highest BCUT2D eigenvalue weighted by molar-refractivity contribution is 14.1. The summed E-state index contributed by atoms with van der Waals surface area (Å²) in [5.41, 5.74) is 0. The molecule has 0 unspecified atom stereocenters. The van der Waals surface area contributed by atoms with E-state index in [9.17, 15) is 0 Å². The Kier molecular flexibility index (Phi) is 3.74. The molecular weight excluding hydrogens is 265 g/mol. The summed E-state index contributed by atoms with van der Waals surface area (Å²) in [5, 5.41) is 3.18. The van der Waals surface area contributed by atoms with Gasteiger partial charge in [-0.15, -0.1) is 0 Å². The second-order valence-electron chi connectivity index (χ2n) is 2.78. The lowest BCUT2D eigenvalue weighted by molar-refractivity contribution is 0.439. The highest BCUT2D eigenvalue weighted by Crippen LogP contribution is 2.06. The van der Waals surface area contributed by atoms with Gasteiger partial charge in [-0.1, -0.05) is 0 Å². The van der Waals surface area contributed by atoms with Crippen molar-refractivity contribution in [2.75, 3.05) is 26.1 Å². The maximum absolute atomic E-state index is 4.20. The number of pyridine rings is 1. The molecule has 1 aromatic heterocycles. The fraction of sp³-hybridized carbons (Fsp3) is 0.375. The standard InChI is InChI=1S/C8H12IN3/c1-12(2)6-11-8-4-3-7(9)5-10-8/h3-5H,6H2,1-2H3,(H,10,11). The minimum absolute atomic E-state index is 0.813. The molecule has 12 heavy (non-hydrogen) atoms. The Hall–Kier alpha value is -0.360. The van der Waals surface area contributed by atoms with Crippen molar-refractivity contribution in [3.8, 4) is 0 Å². The molecule has 0 radical (unpaired) electrons. The van der Waals surface area contributed by atoms with Crippen LogP contribution in [0, 0.1) is 3.57 Å². The van der Waals surface area contributed by atoms with Crippen LogP contribution in [0.2, 0.25) is 0 Å². The summed E-state index contributed by atoms with van der Waals surface area (Å²) in [6, 6.07) is 4.01. The number of halogens is 1. The Morgan fingerprint density at radius 3 is 2.75 bits per heavy atom. The van der Waals surface area contributed by atoms with Gasteiger partial charge < -0.3 is 5.32 Å². The topological polar surface area (TPSA) is 28.2 Å². The quantitative estimate of drug-likeness (QED) is 0.672. The average Bonchev–Trinajstić information content (AvgIpc) is 2.03. The zero-order valence-corrected chi connectivity index (χ0v) is 9.37. The Morgan fingerprint density at radius 1 is 1.50 bits per heavy atom. The zero-order chi connectivity index (χ0) is 8.97. The third-order valence-corrected chi connectivity index (χ3v) is 1.94. The molecule has 0 aliphatic heterocycles. The predicted octanol–water partition coefficient (Wildman–Crippen LogP) is 1.62. The lowest BCUT2D eigenvalue weighted by Crippen LogP contribution is -2.20. The molecule has 4 heteroatoms. The van der Waals surface area contributed by atoms with Crippen LogP contribution in [-0.4, -0.2) is 30.6 Å². The first-order chi connectivity index (χ1) is 5.68. The molecule has 0 aliphatic rings. The Balaban J connectivity index is 2.48. The first kappa shape index (κ1) is 9.73. The lowest BCUT2D eigenvalue weighted by atomic mass is 10.5. The van der Waals surface area contributed by atoms with Crippen LogP contribution in [0.15, 0.2) is 18.3 Å². The summed E-state index contributed by atoms with van der Waals surface area (Å²) in [6.45, 7) is 0.813. The molecule has 1 rings (SSSR count). The molecule has 0 spiro atoms. The van der Waals surface area contributed by atoms with Gasteiger partial charge in [-0.05, 0) is 48.8 Å². The van der Waals surface area contributed by atoms with Crippen molar-refractivity contribution in [3.05, 3.63) is 21.9 Å². The number of hydrogen-bond acceptors (Lipinski definition) is 3. The van der Waals surface area contributed by atoms with Crippen molar-refractivity contribution < 1.29 is 0 Å². The molecule has 66 valence electrons. The molecule has 0 saturated heterocycles. The maximum atomic E-state index is 4.20. The molecule has 0 aliphatic carbocycles. The van der Waals surface area contributed by atoms with Crippen LogP contribution >= 0.6 is 22.6 Å². The average molecular weight is 277 g/mol. The van der Waals surface area contributed by atoms with Crippen molar-refractivity contribution in [1.82, 2.24) is 9.88 Å². The molecular formula is C8H12IN3. The normalized spacial score (nSPS) is 10.3. The second-order valence-corrected chi connectivity index (χ2v) is 4.02. The van der Waals surface area contributed by atoms with E-state index in [0.29, 0.717) is 0 Å². The third kappa shape index (κ3) is 3.36. The summed E-state index contributed by atoms with van der Waals surface area (Å²) < 4.78 is 1.16. The van der Waals surface area contributed by atoms with E-state index in [1.165, 1.54) is 0 Å². The number of nitrogens with zero attached hydrogens (tertiary/aromatic N) is 2.